The molecule has 0 amide bonds. The molecule has 0 fully saturated rings. The molecule has 1 aromatic carbocycles. The molecule has 8 nitrogen and oxygen atoms in total. The molecule has 0 radical (unpaired) electrons. The number of aryl methyl sites for hydroxylation is 3. The number of rotatable bonds is 3. The van der Waals surface area contributed by atoms with Crippen molar-refractivity contribution in [2.24, 2.45) is 0 Å². The summed E-state index contributed by atoms with van der Waals surface area (Å²) >= 11 is -2.52. The molecule has 1 heterocycles. The fourth-order valence-electron chi connectivity index (χ4n) is 2.16. The Morgan fingerprint density at radius 3 is 2.30 bits per heavy atom. The van der Waals surface area contributed by atoms with Gasteiger partial charge in [0, 0.05) is 10.7 Å². The molecule has 9 heteroatoms. The molecule has 0 spiro atoms. The van der Waals surface area contributed by atoms with Crippen molar-refractivity contribution in [1.29, 1.82) is 0 Å². The molecule has 1 atom stereocenters. The number of nitrogens with zero attached hydrogens (tertiary/aromatic N) is 4. The van der Waals surface area contributed by atoms with Crippen LogP contribution in [0.1, 0.15) is 16.7 Å². The van der Waals surface area contributed by atoms with Gasteiger partial charge in [-0.15, -0.1) is 0 Å². The van der Waals surface area contributed by atoms with Crippen LogP contribution in [0.25, 0.3) is 11.4 Å². The molecule has 0 saturated heterocycles. The normalized spacial score (nSPS) is 12.4. The summed E-state index contributed by atoms with van der Waals surface area (Å²) < 4.78 is 21.1. The van der Waals surface area contributed by atoms with Gasteiger partial charge in [0.25, 0.3) is 17.1 Å². The van der Waals surface area contributed by atoms with E-state index in [1.54, 1.807) is 13.8 Å². The van der Waals surface area contributed by atoms with Gasteiger partial charge in [-0.25, -0.2) is 4.21 Å². The van der Waals surface area contributed by atoms with E-state index in [2.05, 4.69) is 10.1 Å². The minimum atomic E-state index is -2.52. The zero-order chi connectivity index (χ0) is 15.0. The lowest BCUT2D eigenvalue weighted by Gasteiger charge is -2.07. The van der Waals surface area contributed by atoms with Gasteiger partial charge in [-0.3, -0.25) is 4.55 Å². The van der Waals surface area contributed by atoms with Crippen LogP contribution in [0, 0.1) is 30.9 Å². The number of nitro groups is 1. The zero-order valence-electron chi connectivity index (χ0n) is 11.0. The highest BCUT2D eigenvalue weighted by Gasteiger charge is 2.28. The number of hydrogen-bond donors (Lipinski definition) is 1. The SMILES string of the molecule is Cc1cc(C)c(-c2nc([N+](=O)[O-])nn2S(=O)O)c(C)c1. The van der Waals surface area contributed by atoms with Gasteiger partial charge in [0.05, 0.1) is 0 Å². The van der Waals surface area contributed by atoms with Crippen molar-refractivity contribution in [2.75, 3.05) is 0 Å². The van der Waals surface area contributed by atoms with Crippen molar-refractivity contribution in [1.82, 2.24) is 14.2 Å². The van der Waals surface area contributed by atoms with Crippen LogP contribution < -0.4 is 0 Å². The highest BCUT2D eigenvalue weighted by molar-refractivity contribution is 7.77. The first kappa shape index (κ1) is 14.3. The average molecular weight is 296 g/mol. The van der Waals surface area contributed by atoms with Crippen molar-refractivity contribution < 1.29 is 13.7 Å². The van der Waals surface area contributed by atoms with Crippen LogP contribution in [0.2, 0.25) is 0 Å². The molecule has 0 bridgehead atoms. The summed E-state index contributed by atoms with van der Waals surface area (Å²) in [5, 5.41) is 14.2. The maximum Gasteiger partial charge on any atom is 0.492 e. The van der Waals surface area contributed by atoms with Crippen molar-refractivity contribution in [2.45, 2.75) is 20.8 Å². The second kappa shape index (κ2) is 5.10. The Kier molecular flexibility index (Phi) is 3.64. The second-order valence-corrected chi connectivity index (χ2v) is 5.18. The van der Waals surface area contributed by atoms with E-state index in [-0.39, 0.29) is 5.82 Å². The molecule has 0 aliphatic heterocycles. The lowest BCUT2D eigenvalue weighted by molar-refractivity contribution is -0.394. The summed E-state index contributed by atoms with van der Waals surface area (Å²) in [5.41, 5.74) is 3.20. The van der Waals surface area contributed by atoms with Crippen LogP contribution in [0.5, 0.6) is 0 Å². The largest absolute Gasteiger partial charge is 0.492 e. The molecule has 0 aliphatic carbocycles. The van der Waals surface area contributed by atoms with Gasteiger partial charge < -0.3 is 10.1 Å². The van der Waals surface area contributed by atoms with Crippen LogP contribution in [-0.2, 0) is 11.3 Å². The van der Waals surface area contributed by atoms with Crippen LogP contribution in [0.3, 0.4) is 0 Å². The van der Waals surface area contributed by atoms with Gasteiger partial charge in [-0.2, -0.15) is 0 Å². The molecule has 0 aliphatic rings. The average Bonchev–Trinajstić information content (AvgIpc) is 2.72. The van der Waals surface area contributed by atoms with Crippen molar-refractivity contribution in [3.8, 4) is 11.4 Å². The van der Waals surface area contributed by atoms with Gasteiger partial charge in [-0.05, 0) is 41.8 Å². The van der Waals surface area contributed by atoms with E-state index in [1.165, 1.54) is 0 Å². The maximum absolute atomic E-state index is 11.3. The maximum atomic E-state index is 11.3. The Balaban J connectivity index is 2.75. The standard InChI is InChI=1S/C11H12N4O4S/c1-6-4-7(2)9(8(3)5-6)10-12-11(15(16)17)13-14(10)20(18)19/h4-5H,1-3H3,(H,18,19). The fourth-order valence-corrected chi connectivity index (χ4v) is 2.58. The number of benzene rings is 1. The first-order valence-corrected chi connectivity index (χ1v) is 6.68. The lowest BCUT2D eigenvalue weighted by Crippen LogP contribution is -2.08. The Hall–Kier alpha value is -2.13. The number of hydrogen-bond acceptors (Lipinski definition) is 5. The Labute approximate surface area is 117 Å². The van der Waals surface area contributed by atoms with Gasteiger partial charge >= 0.3 is 5.95 Å². The minimum Gasteiger partial charge on any atom is -0.390 e. The molecule has 1 unspecified atom stereocenters. The van der Waals surface area contributed by atoms with Crippen LogP contribution >= 0.6 is 0 Å². The molecule has 106 valence electrons. The van der Waals surface area contributed by atoms with Crippen LogP contribution in [0.4, 0.5) is 5.95 Å². The van der Waals surface area contributed by atoms with Crippen molar-refractivity contribution in [3.63, 3.8) is 0 Å². The summed E-state index contributed by atoms with van der Waals surface area (Å²) in [5.74, 6) is -0.700. The molecule has 1 aromatic heterocycles. The van der Waals surface area contributed by atoms with E-state index < -0.39 is 22.1 Å². The Bertz CT molecular complexity index is 702. The third-order valence-electron chi connectivity index (χ3n) is 2.78. The van der Waals surface area contributed by atoms with Crippen molar-refractivity contribution in [3.05, 3.63) is 38.9 Å². The van der Waals surface area contributed by atoms with Gasteiger partial charge in [0.1, 0.15) is 0 Å². The smallest absolute Gasteiger partial charge is 0.390 e. The van der Waals surface area contributed by atoms with Gasteiger partial charge in [0.15, 0.2) is 0 Å². The summed E-state index contributed by atoms with van der Waals surface area (Å²) in [7, 11) is 0. The van der Waals surface area contributed by atoms with Gasteiger partial charge in [-0.1, -0.05) is 21.8 Å². The predicted molar refractivity (Wildman–Crippen MR) is 72.5 cm³/mol. The highest BCUT2D eigenvalue weighted by atomic mass is 32.2. The van der Waals surface area contributed by atoms with E-state index in [4.69, 9.17) is 0 Å². The highest BCUT2D eigenvalue weighted by Crippen LogP contribution is 2.28. The van der Waals surface area contributed by atoms with E-state index in [9.17, 15) is 18.9 Å². The first-order valence-electron chi connectivity index (χ1n) is 5.62. The molecular weight excluding hydrogens is 284 g/mol. The molecule has 0 saturated carbocycles. The zero-order valence-corrected chi connectivity index (χ0v) is 11.8. The molecule has 2 aromatic rings. The van der Waals surface area contributed by atoms with Crippen LogP contribution in [-0.4, -0.2) is 27.9 Å². The van der Waals surface area contributed by atoms with E-state index in [0.717, 1.165) is 16.7 Å². The van der Waals surface area contributed by atoms with Crippen molar-refractivity contribution >= 4 is 17.2 Å². The topological polar surface area (TPSA) is 111 Å². The minimum absolute atomic E-state index is 0.00698. The lowest BCUT2D eigenvalue weighted by atomic mass is 9.99. The van der Waals surface area contributed by atoms with Crippen LogP contribution in [0.15, 0.2) is 12.1 Å². The quantitative estimate of drug-likeness (QED) is 0.525. The molecule has 20 heavy (non-hydrogen) atoms. The summed E-state index contributed by atoms with van der Waals surface area (Å²) in [6.45, 7) is 5.53. The predicted octanol–water partition coefficient (Wildman–Crippen LogP) is 1.76. The molecular formula is C11H12N4O4S. The summed E-state index contributed by atoms with van der Waals surface area (Å²) in [4.78, 5) is 13.7. The summed E-state index contributed by atoms with van der Waals surface area (Å²) in [6.07, 6.45) is 0. The molecule has 2 rings (SSSR count). The first-order chi connectivity index (χ1) is 9.31. The Morgan fingerprint density at radius 1 is 1.30 bits per heavy atom. The third kappa shape index (κ3) is 2.45. The second-order valence-electron chi connectivity index (χ2n) is 4.37. The van der Waals surface area contributed by atoms with E-state index in [1.807, 2.05) is 19.1 Å². The fraction of sp³-hybridized carbons (Fsp3) is 0.273. The molecule has 1 N–H and O–H groups in total. The third-order valence-corrected chi connectivity index (χ3v) is 3.33. The monoisotopic (exact) mass is 296 g/mol. The Morgan fingerprint density at radius 2 is 1.85 bits per heavy atom. The van der Waals surface area contributed by atoms with E-state index >= 15 is 0 Å². The number of aromatic nitrogens is 3. The van der Waals surface area contributed by atoms with E-state index in [0.29, 0.717) is 9.65 Å². The summed E-state index contributed by atoms with van der Waals surface area (Å²) in [6, 6.07) is 3.74. The van der Waals surface area contributed by atoms with Gasteiger partial charge in [0.2, 0.25) is 0 Å².